The van der Waals surface area contributed by atoms with E-state index < -0.39 is 0 Å². The molecule has 1 aromatic rings. The topological polar surface area (TPSA) is 58.1 Å². The summed E-state index contributed by atoms with van der Waals surface area (Å²) in [6.07, 6.45) is 8.52. The Morgan fingerprint density at radius 3 is 2.63 bits per heavy atom. The maximum absolute atomic E-state index is 12.1. The Balaban J connectivity index is 1.69. The molecule has 1 N–H and O–H groups in total. The molecule has 5 heteroatoms. The van der Waals surface area contributed by atoms with Crippen molar-refractivity contribution in [3.63, 3.8) is 0 Å². The van der Waals surface area contributed by atoms with Gasteiger partial charge in [0.05, 0.1) is 0 Å². The highest BCUT2D eigenvalue weighted by atomic mass is 16.1. The Bertz CT molecular complexity index is 451. The molecule has 1 aliphatic carbocycles. The Kier molecular flexibility index (Phi) is 3.62. The molecule has 0 bridgehead atoms. The van der Waals surface area contributed by atoms with Crippen LogP contribution < -0.4 is 10.2 Å². The van der Waals surface area contributed by atoms with Gasteiger partial charge in [0.1, 0.15) is 17.8 Å². The Labute approximate surface area is 113 Å². The minimum absolute atomic E-state index is 0.0604. The van der Waals surface area contributed by atoms with Crippen molar-refractivity contribution < 1.29 is 4.79 Å². The summed E-state index contributed by atoms with van der Waals surface area (Å²) in [4.78, 5) is 22.7. The molecule has 1 amide bonds. The van der Waals surface area contributed by atoms with Gasteiger partial charge in [-0.1, -0.05) is 12.8 Å². The third kappa shape index (κ3) is 2.85. The second kappa shape index (κ2) is 5.55. The largest absolute Gasteiger partial charge is 0.357 e. The van der Waals surface area contributed by atoms with E-state index in [-0.39, 0.29) is 5.91 Å². The van der Waals surface area contributed by atoms with E-state index in [1.54, 1.807) is 0 Å². The fourth-order valence-electron chi connectivity index (χ4n) is 2.92. The smallest absolute Gasteiger partial charge is 0.270 e. The first kappa shape index (κ1) is 12.4. The van der Waals surface area contributed by atoms with Crippen LogP contribution in [0.5, 0.6) is 0 Å². The molecule has 1 saturated heterocycles. The van der Waals surface area contributed by atoms with E-state index in [1.165, 1.54) is 32.0 Å². The van der Waals surface area contributed by atoms with Crippen LogP contribution >= 0.6 is 0 Å². The average molecular weight is 260 g/mol. The molecule has 2 aliphatic rings. The van der Waals surface area contributed by atoms with Gasteiger partial charge in [-0.15, -0.1) is 0 Å². The van der Waals surface area contributed by atoms with Crippen molar-refractivity contribution in [2.24, 2.45) is 0 Å². The van der Waals surface area contributed by atoms with E-state index in [0.29, 0.717) is 11.7 Å². The lowest BCUT2D eigenvalue weighted by Crippen LogP contribution is -2.33. The molecule has 0 aromatic carbocycles. The Hall–Kier alpha value is -1.65. The maximum Gasteiger partial charge on any atom is 0.270 e. The van der Waals surface area contributed by atoms with Crippen LogP contribution in [-0.4, -0.2) is 35.0 Å². The van der Waals surface area contributed by atoms with Crippen LogP contribution in [0.1, 0.15) is 49.0 Å². The van der Waals surface area contributed by atoms with Crippen molar-refractivity contribution in [2.75, 3.05) is 18.0 Å². The number of nitrogens with zero attached hydrogens (tertiary/aromatic N) is 3. The van der Waals surface area contributed by atoms with E-state index in [0.717, 1.165) is 31.7 Å². The standard InChI is InChI=1S/C14H20N4O/c19-14(17-11-5-1-2-6-11)12-9-13(16-10-15-12)18-7-3-4-8-18/h9-11H,1-8H2,(H,17,19). The first-order valence-electron chi connectivity index (χ1n) is 7.21. The first-order valence-corrected chi connectivity index (χ1v) is 7.21. The number of nitrogens with one attached hydrogen (secondary N) is 1. The average Bonchev–Trinajstić information content (AvgIpc) is 3.12. The molecule has 2 fully saturated rings. The van der Waals surface area contributed by atoms with Crippen LogP contribution in [0.3, 0.4) is 0 Å². The minimum atomic E-state index is -0.0604. The SMILES string of the molecule is O=C(NC1CCCC1)c1cc(N2CCCC2)ncn1. The van der Waals surface area contributed by atoms with E-state index in [1.807, 2.05) is 6.07 Å². The highest BCUT2D eigenvalue weighted by Crippen LogP contribution is 2.19. The zero-order chi connectivity index (χ0) is 13.1. The molecule has 1 saturated carbocycles. The molecule has 1 aromatic heterocycles. The fourth-order valence-corrected chi connectivity index (χ4v) is 2.92. The third-order valence-electron chi connectivity index (χ3n) is 4.01. The second-order valence-electron chi connectivity index (χ2n) is 5.41. The molecule has 0 atom stereocenters. The quantitative estimate of drug-likeness (QED) is 0.899. The van der Waals surface area contributed by atoms with Gasteiger partial charge in [0.15, 0.2) is 0 Å². The predicted molar refractivity (Wildman–Crippen MR) is 73.2 cm³/mol. The van der Waals surface area contributed by atoms with E-state index >= 15 is 0 Å². The second-order valence-corrected chi connectivity index (χ2v) is 5.41. The maximum atomic E-state index is 12.1. The number of hydrogen-bond acceptors (Lipinski definition) is 4. The molecule has 19 heavy (non-hydrogen) atoms. The predicted octanol–water partition coefficient (Wildman–Crippen LogP) is 1.75. The highest BCUT2D eigenvalue weighted by molar-refractivity contribution is 5.93. The van der Waals surface area contributed by atoms with Gasteiger partial charge in [-0.05, 0) is 25.7 Å². The van der Waals surface area contributed by atoms with Crippen LogP contribution in [0, 0.1) is 0 Å². The van der Waals surface area contributed by atoms with Crippen LogP contribution in [0.15, 0.2) is 12.4 Å². The Morgan fingerprint density at radius 1 is 1.16 bits per heavy atom. The molecular weight excluding hydrogens is 240 g/mol. The van der Waals surface area contributed by atoms with Crippen molar-refractivity contribution in [3.8, 4) is 0 Å². The normalized spacial score (nSPS) is 19.9. The fraction of sp³-hybridized carbons (Fsp3) is 0.643. The third-order valence-corrected chi connectivity index (χ3v) is 4.01. The summed E-state index contributed by atoms with van der Waals surface area (Å²) in [6, 6.07) is 2.15. The number of rotatable bonds is 3. The number of carbonyl (C=O) groups is 1. The van der Waals surface area contributed by atoms with Crippen molar-refractivity contribution >= 4 is 11.7 Å². The summed E-state index contributed by atoms with van der Waals surface area (Å²) in [5.41, 5.74) is 0.490. The lowest BCUT2D eigenvalue weighted by atomic mass is 10.2. The minimum Gasteiger partial charge on any atom is -0.357 e. The van der Waals surface area contributed by atoms with Gasteiger partial charge in [-0.3, -0.25) is 4.79 Å². The number of aromatic nitrogens is 2. The van der Waals surface area contributed by atoms with E-state index in [4.69, 9.17) is 0 Å². The summed E-state index contributed by atoms with van der Waals surface area (Å²) in [7, 11) is 0. The number of anilines is 1. The van der Waals surface area contributed by atoms with Gasteiger partial charge in [-0.2, -0.15) is 0 Å². The van der Waals surface area contributed by atoms with Crippen molar-refractivity contribution in [1.82, 2.24) is 15.3 Å². The molecule has 2 heterocycles. The van der Waals surface area contributed by atoms with Crippen molar-refractivity contribution in [2.45, 2.75) is 44.6 Å². The molecule has 0 radical (unpaired) electrons. The Morgan fingerprint density at radius 2 is 1.89 bits per heavy atom. The summed E-state index contributed by atoms with van der Waals surface area (Å²) in [5.74, 6) is 0.818. The summed E-state index contributed by atoms with van der Waals surface area (Å²) < 4.78 is 0. The summed E-state index contributed by atoms with van der Waals surface area (Å²) >= 11 is 0. The molecule has 1 aliphatic heterocycles. The molecule has 0 unspecified atom stereocenters. The number of amides is 1. The number of carbonyl (C=O) groups excluding carboxylic acids is 1. The summed E-state index contributed by atoms with van der Waals surface area (Å²) in [6.45, 7) is 2.06. The van der Waals surface area contributed by atoms with Gasteiger partial charge in [0.2, 0.25) is 0 Å². The lowest BCUT2D eigenvalue weighted by Gasteiger charge is -2.17. The van der Waals surface area contributed by atoms with Gasteiger partial charge in [0, 0.05) is 25.2 Å². The van der Waals surface area contributed by atoms with Crippen molar-refractivity contribution in [1.29, 1.82) is 0 Å². The summed E-state index contributed by atoms with van der Waals surface area (Å²) in [5, 5.41) is 3.07. The van der Waals surface area contributed by atoms with Crippen LogP contribution in [0.2, 0.25) is 0 Å². The van der Waals surface area contributed by atoms with Crippen LogP contribution in [0.25, 0.3) is 0 Å². The highest BCUT2D eigenvalue weighted by Gasteiger charge is 2.20. The molecule has 5 nitrogen and oxygen atoms in total. The molecule has 3 rings (SSSR count). The van der Waals surface area contributed by atoms with Gasteiger partial charge < -0.3 is 10.2 Å². The van der Waals surface area contributed by atoms with Crippen molar-refractivity contribution in [3.05, 3.63) is 18.1 Å². The van der Waals surface area contributed by atoms with Crippen LogP contribution in [-0.2, 0) is 0 Å². The lowest BCUT2D eigenvalue weighted by molar-refractivity contribution is 0.0932. The zero-order valence-corrected chi connectivity index (χ0v) is 11.1. The molecule has 102 valence electrons. The van der Waals surface area contributed by atoms with Gasteiger partial charge in [0.25, 0.3) is 5.91 Å². The molecular formula is C14H20N4O. The number of hydrogen-bond donors (Lipinski definition) is 1. The van der Waals surface area contributed by atoms with E-state index in [9.17, 15) is 4.79 Å². The van der Waals surface area contributed by atoms with Crippen LogP contribution in [0.4, 0.5) is 5.82 Å². The monoisotopic (exact) mass is 260 g/mol. The van der Waals surface area contributed by atoms with Gasteiger partial charge >= 0.3 is 0 Å². The van der Waals surface area contributed by atoms with Gasteiger partial charge in [-0.25, -0.2) is 9.97 Å². The zero-order valence-electron chi connectivity index (χ0n) is 11.1. The molecule has 0 spiro atoms. The van der Waals surface area contributed by atoms with E-state index in [2.05, 4.69) is 20.2 Å². The first-order chi connectivity index (χ1) is 9.33.